The molecule has 11 heteroatoms. The number of thiazole rings is 1. The van der Waals surface area contributed by atoms with Crippen molar-refractivity contribution >= 4 is 38.1 Å². The summed E-state index contributed by atoms with van der Waals surface area (Å²) in [4.78, 5) is 8.35. The summed E-state index contributed by atoms with van der Waals surface area (Å²) in [5.74, 6) is 0. The maximum absolute atomic E-state index is 12.8. The first-order chi connectivity index (χ1) is 13.0. The molecule has 0 aliphatic carbocycles. The van der Waals surface area contributed by atoms with Gasteiger partial charge in [-0.3, -0.25) is 4.72 Å². The topological polar surface area (TPSA) is 72.0 Å². The third-order valence-corrected chi connectivity index (χ3v) is 6.45. The van der Waals surface area contributed by atoms with E-state index in [4.69, 9.17) is 11.6 Å². The first-order valence-electron chi connectivity index (χ1n) is 7.80. The standard InChI is InChI=1S/C17H13ClF3N3O2S2/c1-10-5-14(9-22-15(10)18)28(25,26)24-16-23-8-13(27-16)7-11-3-2-4-12(6-11)17(19,20)21/h2-6,8-9H,7H2,1H3,(H,23,24). The van der Waals surface area contributed by atoms with Crippen LogP contribution in [0.15, 0.2) is 47.6 Å². The molecule has 0 spiro atoms. The molecule has 1 N–H and O–H groups in total. The van der Waals surface area contributed by atoms with E-state index >= 15 is 0 Å². The largest absolute Gasteiger partial charge is 0.416 e. The molecule has 0 aliphatic rings. The van der Waals surface area contributed by atoms with Gasteiger partial charge in [0.05, 0.1) is 5.56 Å². The van der Waals surface area contributed by atoms with Crippen LogP contribution >= 0.6 is 22.9 Å². The van der Waals surface area contributed by atoms with E-state index in [1.54, 1.807) is 13.0 Å². The van der Waals surface area contributed by atoms with Gasteiger partial charge in [0, 0.05) is 23.7 Å². The molecule has 0 unspecified atom stereocenters. The normalized spacial score (nSPS) is 12.2. The van der Waals surface area contributed by atoms with Crippen LogP contribution in [0.4, 0.5) is 18.3 Å². The van der Waals surface area contributed by atoms with E-state index in [1.807, 2.05) is 0 Å². The fraction of sp³-hybridized carbons (Fsp3) is 0.176. The van der Waals surface area contributed by atoms with E-state index in [2.05, 4.69) is 14.7 Å². The van der Waals surface area contributed by atoms with E-state index < -0.39 is 21.8 Å². The third-order valence-electron chi connectivity index (χ3n) is 3.71. The van der Waals surface area contributed by atoms with E-state index in [0.29, 0.717) is 16.0 Å². The Morgan fingerprint density at radius 3 is 2.61 bits per heavy atom. The lowest BCUT2D eigenvalue weighted by molar-refractivity contribution is -0.137. The quantitative estimate of drug-likeness (QED) is 0.564. The Kier molecular flexibility index (Phi) is 5.64. The number of hydrogen-bond acceptors (Lipinski definition) is 5. The van der Waals surface area contributed by atoms with Crippen LogP contribution in [0.3, 0.4) is 0 Å². The lowest BCUT2D eigenvalue weighted by Crippen LogP contribution is -2.13. The van der Waals surface area contributed by atoms with Gasteiger partial charge in [-0.05, 0) is 30.2 Å². The summed E-state index contributed by atoms with van der Waals surface area (Å²) in [5.41, 5.74) is 0.223. The van der Waals surface area contributed by atoms with Gasteiger partial charge in [0.15, 0.2) is 5.13 Å². The summed E-state index contributed by atoms with van der Waals surface area (Å²) in [6.07, 6.45) is -1.66. The number of aryl methyl sites for hydroxylation is 1. The number of anilines is 1. The number of rotatable bonds is 5. The van der Waals surface area contributed by atoms with Gasteiger partial charge in [-0.1, -0.05) is 29.8 Å². The maximum Gasteiger partial charge on any atom is 0.416 e. The lowest BCUT2D eigenvalue weighted by Gasteiger charge is -2.08. The molecule has 3 aromatic rings. The highest BCUT2D eigenvalue weighted by Gasteiger charge is 2.30. The molecular formula is C17H13ClF3N3O2S2. The minimum Gasteiger partial charge on any atom is -0.255 e. The number of hydrogen-bond donors (Lipinski definition) is 1. The zero-order valence-corrected chi connectivity index (χ0v) is 16.7. The third kappa shape index (κ3) is 4.81. The fourth-order valence-corrected chi connectivity index (χ4v) is 4.57. The molecule has 28 heavy (non-hydrogen) atoms. The number of nitrogens with zero attached hydrogens (tertiary/aromatic N) is 2. The summed E-state index contributed by atoms with van der Waals surface area (Å²) in [6.45, 7) is 1.63. The van der Waals surface area contributed by atoms with E-state index in [9.17, 15) is 21.6 Å². The van der Waals surface area contributed by atoms with Crippen molar-refractivity contribution in [2.75, 3.05) is 4.72 Å². The molecule has 3 rings (SSSR count). The summed E-state index contributed by atoms with van der Waals surface area (Å²) in [7, 11) is -3.91. The molecule has 0 fully saturated rings. The summed E-state index contributed by atoms with van der Waals surface area (Å²) in [5, 5.41) is 0.311. The molecule has 0 bridgehead atoms. The minimum atomic E-state index is -4.42. The SMILES string of the molecule is Cc1cc(S(=O)(=O)Nc2ncc(Cc3cccc(C(F)(F)F)c3)s2)cnc1Cl. The van der Waals surface area contributed by atoms with Crippen LogP contribution < -0.4 is 4.72 Å². The second-order valence-electron chi connectivity index (χ2n) is 5.89. The predicted molar refractivity (Wildman–Crippen MR) is 101 cm³/mol. The van der Waals surface area contributed by atoms with Crippen LogP contribution in [0.5, 0.6) is 0 Å². The smallest absolute Gasteiger partial charge is 0.255 e. The van der Waals surface area contributed by atoms with Gasteiger partial charge >= 0.3 is 6.18 Å². The molecule has 0 saturated heterocycles. The summed E-state index contributed by atoms with van der Waals surface area (Å²) < 4.78 is 65.6. The number of halogens is 4. The molecule has 2 heterocycles. The van der Waals surface area contributed by atoms with Crippen LogP contribution in [0.1, 0.15) is 21.6 Å². The molecule has 2 aromatic heterocycles. The van der Waals surface area contributed by atoms with Crippen molar-refractivity contribution in [3.8, 4) is 0 Å². The Morgan fingerprint density at radius 2 is 1.93 bits per heavy atom. The first-order valence-corrected chi connectivity index (χ1v) is 10.5. The average Bonchev–Trinajstić information content (AvgIpc) is 3.03. The van der Waals surface area contributed by atoms with Gasteiger partial charge in [0.1, 0.15) is 10.0 Å². The summed E-state index contributed by atoms with van der Waals surface area (Å²) in [6, 6.07) is 6.35. The Bertz CT molecular complexity index is 1110. The minimum absolute atomic E-state index is 0.0657. The Hall–Kier alpha value is -2.17. The molecule has 0 atom stereocenters. The highest BCUT2D eigenvalue weighted by atomic mass is 35.5. The van der Waals surface area contributed by atoms with Gasteiger partial charge in [-0.25, -0.2) is 18.4 Å². The second-order valence-corrected chi connectivity index (χ2v) is 9.05. The van der Waals surface area contributed by atoms with Crippen molar-refractivity contribution in [1.29, 1.82) is 0 Å². The molecule has 1 aromatic carbocycles. The van der Waals surface area contributed by atoms with Crippen molar-refractivity contribution < 1.29 is 21.6 Å². The van der Waals surface area contributed by atoms with Crippen molar-refractivity contribution in [3.63, 3.8) is 0 Å². The number of aromatic nitrogens is 2. The van der Waals surface area contributed by atoms with Crippen LogP contribution in [-0.2, 0) is 22.6 Å². The molecule has 0 amide bonds. The molecule has 0 aliphatic heterocycles. The monoisotopic (exact) mass is 447 g/mol. The van der Waals surface area contributed by atoms with Crippen molar-refractivity contribution in [2.24, 2.45) is 0 Å². The van der Waals surface area contributed by atoms with Gasteiger partial charge < -0.3 is 0 Å². The lowest BCUT2D eigenvalue weighted by atomic mass is 10.1. The van der Waals surface area contributed by atoms with Crippen LogP contribution in [0.2, 0.25) is 5.15 Å². The average molecular weight is 448 g/mol. The van der Waals surface area contributed by atoms with Crippen LogP contribution in [-0.4, -0.2) is 18.4 Å². The highest BCUT2D eigenvalue weighted by molar-refractivity contribution is 7.93. The van der Waals surface area contributed by atoms with Gasteiger partial charge in [0.2, 0.25) is 0 Å². The first kappa shape index (κ1) is 20.6. The van der Waals surface area contributed by atoms with Crippen molar-refractivity contribution in [2.45, 2.75) is 24.4 Å². The summed E-state index contributed by atoms with van der Waals surface area (Å²) >= 11 is 6.84. The van der Waals surface area contributed by atoms with Gasteiger partial charge in [-0.15, -0.1) is 11.3 Å². The zero-order valence-electron chi connectivity index (χ0n) is 14.3. The van der Waals surface area contributed by atoms with Crippen molar-refractivity contribution in [1.82, 2.24) is 9.97 Å². The number of sulfonamides is 1. The fourth-order valence-electron chi connectivity index (χ4n) is 2.35. The zero-order chi connectivity index (χ0) is 20.5. The molecule has 0 saturated carbocycles. The molecule has 148 valence electrons. The highest BCUT2D eigenvalue weighted by Crippen LogP contribution is 2.31. The van der Waals surface area contributed by atoms with Crippen LogP contribution in [0.25, 0.3) is 0 Å². The molecular weight excluding hydrogens is 435 g/mol. The van der Waals surface area contributed by atoms with E-state index in [1.165, 1.54) is 18.3 Å². The molecule has 5 nitrogen and oxygen atoms in total. The predicted octanol–water partition coefficient (Wildman–Crippen LogP) is 4.91. The Balaban J connectivity index is 1.76. The Morgan fingerprint density at radius 1 is 1.18 bits per heavy atom. The van der Waals surface area contributed by atoms with Gasteiger partial charge in [0.25, 0.3) is 10.0 Å². The van der Waals surface area contributed by atoms with Gasteiger partial charge in [-0.2, -0.15) is 13.2 Å². The number of alkyl halides is 3. The van der Waals surface area contributed by atoms with Crippen molar-refractivity contribution in [3.05, 3.63) is 69.4 Å². The number of benzene rings is 1. The maximum atomic E-state index is 12.8. The number of pyridine rings is 1. The Labute approximate surface area is 168 Å². The second kappa shape index (κ2) is 7.69. The van der Waals surface area contributed by atoms with E-state index in [0.717, 1.165) is 29.7 Å². The number of nitrogens with one attached hydrogen (secondary N) is 1. The van der Waals surface area contributed by atoms with Crippen LogP contribution in [0, 0.1) is 6.92 Å². The van der Waals surface area contributed by atoms with E-state index in [-0.39, 0.29) is 21.6 Å². The molecule has 0 radical (unpaired) electrons.